The molecule has 72 heavy (non-hydrogen) atoms. The van der Waals surface area contributed by atoms with Crippen LogP contribution in [0.1, 0.15) is 112 Å². The predicted molar refractivity (Wildman–Crippen MR) is 276 cm³/mol. The van der Waals surface area contributed by atoms with Crippen molar-refractivity contribution in [1.29, 1.82) is 0 Å². The number of rotatable bonds is 13. The average molecular weight is 1000 g/mol. The second kappa shape index (κ2) is 23.8. The first-order valence-electron chi connectivity index (χ1n) is 25.9. The van der Waals surface area contributed by atoms with Gasteiger partial charge in [-0.3, -0.25) is 10.2 Å². The van der Waals surface area contributed by atoms with Crippen molar-refractivity contribution in [2.75, 3.05) is 28.3 Å². The van der Waals surface area contributed by atoms with Crippen LogP contribution < -0.4 is 5.43 Å². The van der Waals surface area contributed by atoms with E-state index in [0.717, 1.165) is 16.7 Å². The smallest absolute Gasteiger partial charge is 0.311 e. The largest absolute Gasteiger partial charge is 0.459 e. The molecule has 5 N–H and O–H groups in total. The molecule has 0 unspecified atom stereocenters. The van der Waals surface area contributed by atoms with E-state index in [1.54, 1.807) is 34.8 Å². The molecule has 3 aromatic rings. The molecule has 18 atom stereocenters. The Morgan fingerprint density at radius 3 is 1.76 bits per heavy atom. The van der Waals surface area contributed by atoms with Crippen LogP contribution in [0.5, 0.6) is 0 Å². The third-order valence-electron chi connectivity index (χ3n) is 16.3. The molecule has 15 heteroatoms. The number of methoxy groups -OCH3 is 2. The van der Waals surface area contributed by atoms with Gasteiger partial charge < -0.3 is 58.5 Å². The Hall–Kier alpha value is -3.84. The first kappa shape index (κ1) is 57.4. The van der Waals surface area contributed by atoms with Gasteiger partial charge in [-0.05, 0) is 97.5 Å². The third kappa shape index (κ3) is 11.8. The Morgan fingerprint density at radius 2 is 1.28 bits per heavy atom. The first-order chi connectivity index (χ1) is 34.0. The summed E-state index contributed by atoms with van der Waals surface area (Å²) in [7, 11) is 6.95. The van der Waals surface area contributed by atoms with Gasteiger partial charge in [-0.1, -0.05) is 119 Å². The van der Waals surface area contributed by atoms with Crippen LogP contribution in [0, 0.1) is 23.7 Å². The minimum absolute atomic E-state index is 0.121. The van der Waals surface area contributed by atoms with Crippen molar-refractivity contribution >= 4 is 11.7 Å². The van der Waals surface area contributed by atoms with Crippen LogP contribution in [0.15, 0.2) is 96.1 Å². The summed E-state index contributed by atoms with van der Waals surface area (Å²) in [6.07, 6.45) is -8.73. The normalized spacial score (nSPS) is 39.3. The summed E-state index contributed by atoms with van der Waals surface area (Å²) in [5.74, 6) is -3.81. The number of aliphatic hydroxyl groups is 4. The highest BCUT2D eigenvalue weighted by atomic mass is 16.7. The number of ether oxygens (including phenoxy) is 7. The lowest BCUT2D eigenvalue weighted by atomic mass is 9.73. The molecular formula is C57H85N3O12. The van der Waals surface area contributed by atoms with E-state index in [1.165, 1.54) is 14.0 Å². The zero-order valence-corrected chi connectivity index (χ0v) is 45.1. The number of hydrazone groups is 1. The lowest BCUT2D eigenvalue weighted by molar-refractivity contribution is -0.319. The molecule has 3 aromatic carbocycles. The van der Waals surface area contributed by atoms with Crippen molar-refractivity contribution in [2.24, 2.45) is 28.8 Å². The van der Waals surface area contributed by atoms with Gasteiger partial charge in [0.15, 0.2) is 12.6 Å². The molecule has 3 saturated heterocycles. The van der Waals surface area contributed by atoms with Gasteiger partial charge in [0.1, 0.15) is 29.5 Å². The second-order valence-corrected chi connectivity index (χ2v) is 21.7. The first-order valence-corrected chi connectivity index (χ1v) is 25.9. The Bertz CT molecular complexity index is 2110. The van der Waals surface area contributed by atoms with E-state index < -0.39 is 107 Å². The molecule has 0 bridgehead atoms. The summed E-state index contributed by atoms with van der Waals surface area (Å²) in [5.41, 5.74) is 1.58. The topological polar surface area (TPSA) is 190 Å². The number of benzene rings is 3. The molecular weight excluding hydrogens is 919 g/mol. The van der Waals surface area contributed by atoms with E-state index in [0.29, 0.717) is 12.1 Å². The number of carbonyl (C=O) groups excluding carboxylic acids is 1. The molecule has 3 aliphatic rings. The highest BCUT2D eigenvalue weighted by Gasteiger charge is 2.54. The molecule has 0 amide bonds. The molecule has 0 aromatic heterocycles. The number of aliphatic hydroxyl groups excluding tert-OH is 3. The van der Waals surface area contributed by atoms with Gasteiger partial charge in [-0.15, -0.1) is 0 Å². The van der Waals surface area contributed by atoms with Crippen molar-refractivity contribution in [1.82, 2.24) is 10.3 Å². The van der Waals surface area contributed by atoms with Gasteiger partial charge in [-0.25, -0.2) is 0 Å². The number of hydrogen-bond donors (Lipinski definition) is 5. The molecule has 400 valence electrons. The molecule has 6 rings (SSSR count). The van der Waals surface area contributed by atoms with E-state index in [4.69, 9.17) is 38.3 Å². The van der Waals surface area contributed by atoms with Crippen molar-refractivity contribution < 1.29 is 58.4 Å². The Labute approximate surface area is 428 Å². The molecule has 0 aliphatic carbocycles. The maximum absolute atomic E-state index is 14.8. The molecule has 3 heterocycles. The van der Waals surface area contributed by atoms with Crippen LogP contribution in [-0.4, -0.2) is 150 Å². The highest BCUT2D eigenvalue weighted by molar-refractivity contribution is 5.89. The van der Waals surface area contributed by atoms with Crippen LogP contribution in [0.4, 0.5) is 0 Å². The Balaban J connectivity index is 1.56. The van der Waals surface area contributed by atoms with Crippen LogP contribution in [-0.2, 0) is 43.5 Å². The van der Waals surface area contributed by atoms with Gasteiger partial charge in [0.2, 0.25) is 0 Å². The van der Waals surface area contributed by atoms with Crippen LogP contribution in [0.25, 0.3) is 0 Å². The fourth-order valence-electron chi connectivity index (χ4n) is 11.7. The van der Waals surface area contributed by atoms with Crippen molar-refractivity contribution in [3.05, 3.63) is 108 Å². The molecule has 15 nitrogen and oxygen atoms in total. The van der Waals surface area contributed by atoms with Gasteiger partial charge >= 0.3 is 5.97 Å². The number of nitrogens with zero attached hydrogens (tertiary/aromatic N) is 2. The fraction of sp³-hybridized carbons (Fsp3) is 0.649. The second-order valence-electron chi connectivity index (χ2n) is 21.7. The summed E-state index contributed by atoms with van der Waals surface area (Å²) in [6.45, 7) is 18.1. The predicted octanol–water partition coefficient (Wildman–Crippen LogP) is 6.81. The monoisotopic (exact) mass is 1000 g/mol. The molecule has 0 spiro atoms. The van der Waals surface area contributed by atoms with E-state index in [9.17, 15) is 25.2 Å². The molecule has 3 aliphatic heterocycles. The van der Waals surface area contributed by atoms with Crippen LogP contribution >= 0.6 is 0 Å². The quantitative estimate of drug-likeness (QED) is 0.0682. The minimum Gasteiger partial charge on any atom is -0.459 e. The number of carbonyl (C=O) groups is 1. The van der Waals surface area contributed by atoms with E-state index in [-0.39, 0.29) is 31.4 Å². The summed E-state index contributed by atoms with van der Waals surface area (Å²) in [5, 5.41) is 53.8. The molecule has 0 saturated carbocycles. The highest BCUT2D eigenvalue weighted by Crippen LogP contribution is 2.43. The number of likely N-dealkylation sites (N-methyl/N-ethyl adjacent to an activating group) is 1. The van der Waals surface area contributed by atoms with E-state index >= 15 is 0 Å². The van der Waals surface area contributed by atoms with Gasteiger partial charge in [0.05, 0.1) is 47.6 Å². The standard InChI is InChI=1S/C57H85N3O12/c1-15-44-56(10,65)49(62)36(4)46(58-59-57(40-25-19-16-20-26-40,41-27-21-17-22-28-41)42-29-23-18-24-30-42)34(2)32-55(9,67-14)51(72-53-47(61)43(60(11)12)31-35(3)68-53)37(5)48(38(6)52(64)70-44)71-45-33-54(8,66-13)50(63)39(7)69-45/h16-30,34-39,43-45,47-51,53,59,61-63,65H,15,31-33H2,1-14H3/b58-46+/t34-,35-,36-,37-,38-,39+,43+,44+,45+,47-,48-,49+,50+,51-,53+,54-,55+,56+/m1/s1. The summed E-state index contributed by atoms with van der Waals surface area (Å²) >= 11 is 0. The third-order valence-corrected chi connectivity index (χ3v) is 16.3. The Kier molecular flexibility index (Phi) is 19.0. The summed E-state index contributed by atoms with van der Waals surface area (Å²) < 4.78 is 45.8. The summed E-state index contributed by atoms with van der Waals surface area (Å²) in [6, 6.07) is 29.9. The van der Waals surface area contributed by atoms with Crippen molar-refractivity contribution in [3.8, 4) is 0 Å². The van der Waals surface area contributed by atoms with Crippen molar-refractivity contribution in [2.45, 2.75) is 185 Å². The molecule has 0 radical (unpaired) electrons. The minimum atomic E-state index is -1.98. The summed E-state index contributed by atoms with van der Waals surface area (Å²) in [4.78, 5) is 16.8. The number of nitrogens with one attached hydrogen (secondary N) is 1. The van der Waals surface area contributed by atoms with Gasteiger partial charge in [0, 0.05) is 44.2 Å². The lowest BCUT2D eigenvalue weighted by Crippen LogP contribution is -2.61. The molecule has 3 fully saturated rings. The zero-order valence-electron chi connectivity index (χ0n) is 45.1. The Morgan fingerprint density at radius 1 is 0.750 bits per heavy atom. The maximum Gasteiger partial charge on any atom is 0.311 e. The SMILES string of the molecule is CC[C@@H]1OC(=O)[C@H](C)[C@H](O[C@H]2C[C@@](C)(OC)[C@@H](O)[C@H](C)O2)[C@@H](C)[C@@H](O[C@@H]2O[C@H](C)C[C@H](N(C)C)[C@H]2O)[C@@](C)(OC)C[C@@H](C)/C(=N\NC(c2ccccc2)(c2ccccc2)c2ccccc2)[C@@H](C)[C@H](O)[C@@]1(C)O. The van der Waals surface area contributed by atoms with Gasteiger partial charge in [-0.2, -0.15) is 5.10 Å². The zero-order chi connectivity index (χ0) is 52.9. The van der Waals surface area contributed by atoms with Crippen LogP contribution in [0.2, 0.25) is 0 Å². The number of cyclic esters (lactones) is 1. The number of hydrogen-bond acceptors (Lipinski definition) is 15. The number of esters is 1. The van der Waals surface area contributed by atoms with E-state index in [2.05, 4.69) is 41.8 Å². The fourth-order valence-corrected chi connectivity index (χ4v) is 11.7. The van der Waals surface area contributed by atoms with Gasteiger partial charge in [0.25, 0.3) is 0 Å². The van der Waals surface area contributed by atoms with Crippen LogP contribution in [0.3, 0.4) is 0 Å². The maximum atomic E-state index is 14.8. The van der Waals surface area contributed by atoms with Crippen molar-refractivity contribution in [3.63, 3.8) is 0 Å². The lowest BCUT2D eigenvalue weighted by Gasteiger charge is -2.50. The van der Waals surface area contributed by atoms with E-state index in [1.807, 2.05) is 108 Å². The average Bonchev–Trinajstić information content (AvgIpc) is 3.37.